The molecule has 2 saturated carbocycles. The smallest absolute Gasteiger partial charge is 0.328 e. The van der Waals surface area contributed by atoms with Gasteiger partial charge in [0.15, 0.2) is 34.6 Å². The molecule has 4 aliphatic rings. The van der Waals surface area contributed by atoms with Gasteiger partial charge < -0.3 is 35.0 Å². The van der Waals surface area contributed by atoms with Gasteiger partial charge in [0.2, 0.25) is 0 Å². The lowest BCUT2D eigenvalue weighted by Gasteiger charge is -2.54. The average molecular weight is 746 g/mol. The first kappa shape index (κ1) is 40.2. The summed E-state index contributed by atoms with van der Waals surface area (Å²) >= 11 is 0. The lowest BCUT2D eigenvalue weighted by molar-refractivity contribution is -0.154. The third-order valence-corrected chi connectivity index (χ3v) is 12.3. The zero-order valence-electron chi connectivity index (χ0n) is 31.3. The van der Waals surface area contributed by atoms with Gasteiger partial charge in [-0.3, -0.25) is 14.5 Å². The lowest BCUT2D eigenvalue weighted by Crippen LogP contribution is -2.57. The molecule has 5 atom stereocenters. The molecule has 12 heteroatoms. The standard InChI is InChI=1S/C38H47NO7.C4H4O4/c1-36-15-11-27(40)21-26(36)7-8-28-29(36)12-16-37(2)30(28)13-17-38(37,44)35(43)23-39(22-25-5-9-31(41)32(42)19-25)18-14-24-6-10-33(45-3)34(20-24)46-4;5-3(6)1-2-4(7)8/h5-6,9-10,12,19-21,28,30,41-42,44H,7-8,11,13-18,22-23H2,1-4H3;1-2H,(H,5,6)(H,7,8)/b;2-1+/t28-,30+,36+,37+,38+;/m1./s1. The Kier molecular flexibility index (Phi) is 12.1. The maximum Gasteiger partial charge on any atom is 0.328 e. The lowest BCUT2D eigenvalue weighted by atomic mass is 9.50. The molecule has 0 radical (unpaired) electrons. The predicted octanol–water partition coefficient (Wildman–Crippen LogP) is 5.62. The molecule has 2 aromatic rings. The highest BCUT2D eigenvalue weighted by Gasteiger charge is 2.64. The molecular formula is C42H51NO11. The minimum absolute atomic E-state index is 0.0572. The van der Waals surface area contributed by atoms with E-state index in [9.17, 15) is 34.5 Å². The molecule has 0 unspecified atom stereocenters. The summed E-state index contributed by atoms with van der Waals surface area (Å²) in [7, 11) is 3.20. The van der Waals surface area contributed by atoms with Gasteiger partial charge in [-0.25, -0.2) is 9.59 Å². The number of aliphatic hydroxyl groups is 1. The number of aliphatic carboxylic acids is 2. The van der Waals surface area contributed by atoms with E-state index in [1.165, 1.54) is 23.3 Å². The first-order chi connectivity index (χ1) is 25.5. The molecule has 54 heavy (non-hydrogen) atoms. The van der Waals surface area contributed by atoms with Crippen LogP contribution in [0.1, 0.15) is 69.9 Å². The predicted molar refractivity (Wildman–Crippen MR) is 199 cm³/mol. The normalized spacial score (nSPS) is 27.1. The molecule has 0 amide bonds. The highest BCUT2D eigenvalue weighted by atomic mass is 16.5. The van der Waals surface area contributed by atoms with Crippen LogP contribution < -0.4 is 9.47 Å². The summed E-state index contributed by atoms with van der Waals surface area (Å²) in [5.74, 6) is -1.08. The molecule has 5 N–H and O–H groups in total. The van der Waals surface area contributed by atoms with Crippen LogP contribution in [0.5, 0.6) is 23.0 Å². The molecule has 12 nitrogen and oxygen atoms in total. The Bertz CT molecular complexity index is 1860. The van der Waals surface area contributed by atoms with Crippen LogP contribution in [0.3, 0.4) is 0 Å². The molecule has 0 aliphatic heterocycles. The number of phenolic OH excluding ortho intramolecular Hbond substituents is 2. The number of hydrogen-bond donors (Lipinski definition) is 5. The number of ketones is 2. The van der Waals surface area contributed by atoms with Crippen molar-refractivity contribution in [1.29, 1.82) is 0 Å². The van der Waals surface area contributed by atoms with E-state index < -0.39 is 23.0 Å². The Morgan fingerprint density at radius 3 is 2.22 bits per heavy atom. The SMILES string of the molecule is COc1ccc(CCN(CC(=O)[C@@]2(O)CC[C@H]3[C@@H]4CCC5=CC(=O)CC[C@]5(C)C4=CC[C@@]32C)Cc2ccc(O)c(O)c2)cc1OC.O=C(O)/C=C/C(=O)O. The number of hydrogen-bond acceptors (Lipinski definition) is 10. The largest absolute Gasteiger partial charge is 0.504 e. The Labute approximate surface area is 315 Å². The van der Waals surface area contributed by atoms with E-state index in [0.29, 0.717) is 68.3 Å². The summed E-state index contributed by atoms with van der Waals surface area (Å²) in [4.78, 5) is 47.7. The maximum absolute atomic E-state index is 14.3. The van der Waals surface area contributed by atoms with Crippen LogP contribution in [-0.4, -0.2) is 86.8 Å². The summed E-state index contributed by atoms with van der Waals surface area (Å²) in [6.45, 7) is 5.34. The van der Waals surface area contributed by atoms with Gasteiger partial charge in [0, 0.05) is 42.5 Å². The summed E-state index contributed by atoms with van der Waals surface area (Å²) < 4.78 is 10.9. The van der Waals surface area contributed by atoms with Crippen molar-refractivity contribution in [3.63, 3.8) is 0 Å². The molecule has 0 saturated heterocycles. The van der Waals surface area contributed by atoms with E-state index >= 15 is 0 Å². The van der Waals surface area contributed by atoms with Crippen molar-refractivity contribution in [3.8, 4) is 23.0 Å². The van der Waals surface area contributed by atoms with Crippen molar-refractivity contribution in [3.05, 3.63) is 83.0 Å². The number of Topliss-reactive ketones (excluding diaryl/α,β-unsaturated/α-hetero) is 1. The number of carboxylic acids is 2. The molecule has 4 aliphatic carbocycles. The summed E-state index contributed by atoms with van der Waals surface area (Å²) in [6, 6.07) is 10.5. The summed E-state index contributed by atoms with van der Waals surface area (Å²) in [6.07, 6.45) is 11.1. The third-order valence-electron chi connectivity index (χ3n) is 12.3. The molecule has 0 heterocycles. The van der Waals surface area contributed by atoms with Crippen LogP contribution in [0.2, 0.25) is 0 Å². The number of carbonyl (C=O) groups excluding carboxylic acids is 2. The summed E-state index contributed by atoms with van der Waals surface area (Å²) in [5.41, 5.74) is 2.31. The number of phenols is 2. The van der Waals surface area contributed by atoms with Crippen LogP contribution in [-0.2, 0) is 32.1 Å². The molecule has 6 rings (SSSR count). The van der Waals surface area contributed by atoms with Crippen molar-refractivity contribution in [2.75, 3.05) is 27.3 Å². The molecular weight excluding hydrogens is 694 g/mol. The number of ether oxygens (including phenoxy) is 2. The fraction of sp³-hybridized carbons (Fsp3) is 0.476. The van der Waals surface area contributed by atoms with E-state index in [-0.39, 0.29) is 40.9 Å². The topological polar surface area (TPSA) is 191 Å². The number of carboxylic acid groups (broad SMARTS) is 2. The number of rotatable bonds is 12. The van der Waals surface area contributed by atoms with Crippen molar-refractivity contribution in [2.45, 2.75) is 77.4 Å². The second-order valence-electron chi connectivity index (χ2n) is 15.3. The Hall–Kier alpha value is -4.94. The quantitative estimate of drug-likeness (QED) is 0.103. The van der Waals surface area contributed by atoms with Crippen LogP contribution in [0.15, 0.2) is 71.8 Å². The van der Waals surface area contributed by atoms with Crippen LogP contribution >= 0.6 is 0 Å². The molecule has 0 spiro atoms. The second-order valence-corrected chi connectivity index (χ2v) is 15.3. The maximum atomic E-state index is 14.3. The Balaban J connectivity index is 0.000000631. The highest BCUT2D eigenvalue weighted by molar-refractivity contribution is 5.92. The van der Waals surface area contributed by atoms with Crippen molar-refractivity contribution in [1.82, 2.24) is 4.90 Å². The Morgan fingerprint density at radius 1 is 0.889 bits per heavy atom. The van der Waals surface area contributed by atoms with E-state index in [1.807, 2.05) is 29.2 Å². The third kappa shape index (κ3) is 8.09. The number of carbonyl (C=O) groups is 4. The van der Waals surface area contributed by atoms with Gasteiger partial charge in [-0.15, -0.1) is 0 Å². The number of benzene rings is 2. The van der Waals surface area contributed by atoms with Crippen LogP contribution in [0, 0.1) is 22.7 Å². The molecule has 2 aromatic carbocycles. The highest BCUT2D eigenvalue weighted by Crippen LogP contribution is 2.65. The average Bonchev–Trinajstić information content (AvgIpc) is 3.42. The van der Waals surface area contributed by atoms with E-state index in [4.69, 9.17) is 19.7 Å². The van der Waals surface area contributed by atoms with Crippen molar-refractivity contribution in [2.24, 2.45) is 22.7 Å². The summed E-state index contributed by atoms with van der Waals surface area (Å²) in [5, 5.41) is 48.0. The molecule has 290 valence electrons. The minimum Gasteiger partial charge on any atom is -0.504 e. The van der Waals surface area contributed by atoms with Gasteiger partial charge in [0.25, 0.3) is 0 Å². The second kappa shape index (κ2) is 16.2. The van der Waals surface area contributed by atoms with E-state index in [2.05, 4.69) is 19.9 Å². The van der Waals surface area contributed by atoms with Crippen molar-refractivity contribution >= 4 is 23.5 Å². The molecule has 2 fully saturated rings. The fourth-order valence-electron chi connectivity index (χ4n) is 9.27. The van der Waals surface area contributed by atoms with Crippen molar-refractivity contribution < 1.29 is 54.2 Å². The van der Waals surface area contributed by atoms with Gasteiger partial charge in [-0.05, 0) is 98.2 Å². The minimum atomic E-state index is -1.46. The Morgan fingerprint density at radius 2 is 1.57 bits per heavy atom. The van der Waals surface area contributed by atoms with Gasteiger partial charge in [0.1, 0.15) is 5.60 Å². The zero-order valence-corrected chi connectivity index (χ0v) is 31.3. The van der Waals surface area contributed by atoms with Crippen LogP contribution in [0.25, 0.3) is 0 Å². The number of aromatic hydroxyl groups is 2. The monoisotopic (exact) mass is 745 g/mol. The molecule has 0 aromatic heterocycles. The number of fused-ring (bicyclic) bond motifs is 5. The molecule has 0 bridgehead atoms. The van der Waals surface area contributed by atoms with Gasteiger partial charge in [-0.1, -0.05) is 43.2 Å². The fourth-order valence-corrected chi connectivity index (χ4v) is 9.27. The van der Waals surface area contributed by atoms with E-state index in [1.54, 1.807) is 20.3 Å². The van der Waals surface area contributed by atoms with E-state index in [0.717, 1.165) is 36.8 Å². The first-order valence-corrected chi connectivity index (χ1v) is 18.3. The zero-order chi connectivity index (χ0) is 39.4. The first-order valence-electron chi connectivity index (χ1n) is 18.3. The van der Waals surface area contributed by atoms with Gasteiger partial charge in [-0.2, -0.15) is 0 Å². The number of nitrogens with zero attached hydrogens (tertiary/aromatic N) is 1. The van der Waals surface area contributed by atoms with Gasteiger partial charge >= 0.3 is 11.9 Å². The number of allylic oxidation sites excluding steroid dienone is 4. The van der Waals surface area contributed by atoms with Crippen LogP contribution in [0.4, 0.5) is 0 Å². The van der Waals surface area contributed by atoms with Gasteiger partial charge in [0.05, 0.1) is 20.8 Å². The number of methoxy groups -OCH3 is 2.